The lowest BCUT2D eigenvalue weighted by atomic mass is 9.90. The van der Waals surface area contributed by atoms with E-state index in [9.17, 15) is 10.5 Å². The van der Waals surface area contributed by atoms with Crippen LogP contribution in [0.3, 0.4) is 0 Å². The molecule has 0 saturated carbocycles. The van der Waals surface area contributed by atoms with Crippen LogP contribution >= 0.6 is 0 Å². The van der Waals surface area contributed by atoms with Crippen LogP contribution in [0.5, 0.6) is 0 Å². The first-order valence-electron chi connectivity index (χ1n) is 18.0. The molecular weight excluding hydrogens is 657 g/mol. The number of nitriles is 2. The van der Waals surface area contributed by atoms with E-state index in [2.05, 4.69) is 167 Å². The monoisotopic (exact) mass is 686 g/mol. The first-order chi connectivity index (χ1) is 26.7. The number of rotatable bonds is 5. The van der Waals surface area contributed by atoms with Gasteiger partial charge >= 0.3 is 0 Å². The summed E-state index contributed by atoms with van der Waals surface area (Å²) in [6.07, 6.45) is 0. The minimum atomic E-state index is 0.581. The third-order valence-electron chi connectivity index (χ3n) is 10.6. The molecule has 0 aliphatic carbocycles. The Morgan fingerprint density at radius 1 is 0.333 bits per heavy atom. The number of aromatic nitrogens is 2. The summed E-state index contributed by atoms with van der Waals surface area (Å²) in [4.78, 5) is 0. The topological polar surface area (TPSA) is 57.4 Å². The Hall–Kier alpha value is -7.66. The Morgan fingerprint density at radius 2 is 0.833 bits per heavy atom. The molecule has 0 aliphatic heterocycles. The van der Waals surface area contributed by atoms with Crippen LogP contribution in [-0.2, 0) is 0 Å². The fraction of sp³-hybridized carbons (Fsp3) is 0. The first-order valence-corrected chi connectivity index (χ1v) is 18.0. The molecule has 0 aliphatic rings. The zero-order valence-electron chi connectivity index (χ0n) is 29.1. The predicted molar refractivity (Wildman–Crippen MR) is 221 cm³/mol. The Labute approximate surface area is 312 Å². The number of para-hydroxylation sites is 3. The van der Waals surface area contributed by atoms with E-state index in [1.54, 1.807) is 0 Å². The van der Waals surface area contributed by atoms with Crippen LogP contribution in [0, 0.1) is 22.7 Å². The zero-order valence-corrected chi connectivity index (χ0v) is 29.1. The van der Waals surface area contributed by atoms with Crippen LogP contribution < -0.4 is 0 Å². The van der Waals surface area contributed by atoms with E-state index in [1.807, 2.05) is 36.4 Å². The second kappa shape index (κ2) is 12.5. The maximum Gasteiger partial charge on any atom is 0.0991 e. The van der Waals surface area contributed by atoms with Crippen LogP contribution in [0.15, 0.2) is 182 Å². The average molecular weight is 687 g/mol. The van der Waals surface area contributed by atoms with E-state index in [0.717, 1.165) is 77.6 Å². The predicted octanol–water partition coefficient (Wildman–Crippen LogP) is 12.6. The van der Waals surface area contributed by atoms with Gasteiger partial charge in [-0.05, 0) is 82.9 Å². The van der Waals surface area contributed by atoms with Gasteiger partial charge in [0.2, 0.25) is 0 Å². The van der Waals surface area contributed by atoms with Gasteiger partial charge in [0.25, 0.3) is 0 Å². The minimum Gasteiger partial charge on any atom is -0.309 e. The van der Waals surface area contributed by atoms with E-state index >= 15 is 0 Å². The fourth-order valence-corrected chi connectivity index (χ4v) is 8.22. The maximum atomic E-state index is 9.82. The SMILES string of the molecule is N#Cc1ccc2c(c1)c1cc(C#N)ccc1n2-c1ccc(-c2ccccc2)c(-c2cccc(-c3ccccc3)c2-n2c3ccccc3c3ccccc32)c1. The van der Waals surface area contributed by atoms with Crippen LogP contribution in [0.2, 0.25) is 0 Å². The Bertz CT molecular complexity index is 3050. The summed E-state index contributed by atoms with van der Waals surface area (Å²) in [6, 6.07) is 68.2. The third kappa shape index (κ3) is 4.83. The molecule has 0 atom stereocenters. The van der Waals surface area contributed by atoms with Crippen molar-refractivity contribution in [2.75, 3.05) is 0 Å². The van der Waals surface area contributed by atoms with Gasteiger partial charge in [-0.3, -0.25) is 0 Å². The molecule has 0 amide bonds. The van der Waals surface area contributed by atoms with E-state index < -0.39 is 0 Å². The summed E-state index contributed by atoms with van der Waals surface area (Å²) in [5.74, 6) is 0. The molecule has 10 rings (SSSR count). The van der Waals surface area contributed by atoms with Gasteiger partial charge in [-0.1, -0.05) is 121 Å². The van der Waals surface area contributed by atoms with E-state index in [1.165, 1.54) is 10.8 Å². The normalized spacial score (nSPS) is 11.3. The van der Waals surface area contributed by atoms with Crippen molar-refractivity contribution in [2.45, 2.75) is 0 Å². The molecule has 0 N–H and O–H groups in total. The van der Waals surface area contributed by atoms with Gasteiger partial charge in [-0.25, -0.2) is 0 Å². The van der Waals surface area contributed by atoms with Crippen molar-refractivity contribution in [1.82, 2.24) is 9.13 Å². The third-order valence-corrected chi connectivity index (χ3v) is 10.6. The molecule has 250 valence electrons. The molecule has 4 heteroatoms. The Kier molecular flexibility index (Phi) is 7.22. The number of hydrogen-bond acceptors (Lipinski definition) is 2. The molecule has 0 saturated heterocycles. The van der Waals surface area contributed by atoms with Crippen molar-refractivity contribution in [2.24, 2.45) is 0 Å². The van der Waals surface area contributed by atoms with Gasteiger partial charge in [-0.15, -0.1) is 0 Å². The molecule has 0 bridgehead atoms. The van der Waals surface area contributed by atoms with Gasteiger partial charge in [0.05, 0.1) is 51.0 Å². The number of benzene rings is 8. The second-order valence-corrected chi connectivity index (χ2v) is 13.6. The lowest BCUT2D eigenvalue weighted by molar-refractivity contribution is 1.17. The van der Waals surface area contributed by atoms with Gasteiger partial charge in [0.1, 0.15) is 0 Å². The summed E-state index contributed by atoms with van der Waals surface area (Å²) < 4.78 is 4.70. The van der Waals surface area contributed by atoms with Gasteiger partial charge in [0, 0.05) is 38.4 Å². The lowest BCUT2D eigenvalue weighted by Gasteiger charge is -2.22. The summed E-state index contributed by atoms with van der Waals surface area (Å²) in [5.41, 5.74) is 14.2. The van der Waals surface area contributed by atoms with Crippen LogP contribution in [0.1, 0.15) is 11.1 Å². The number of nitrogens with zero attached hydrogens (tertiary/aromatic N) is 4. The molecule has 0 radical (unpaired) electrons. The van der Waals surface area contributed by atoms with Crippen molar-refractivity contribution in [3.8, 4) is 56.9 Å². The number of fused-ring (bicyclic) bond motifs is 6. The lowest BCUT2D eigenvalue weighted by Crippen LogP contribution is -2.02. The Morgan fingerprint density at radius 3 is 1.41 bits per heavy atom. The molecule has 2 aromatic heterocycles. The van der Waals surface area contributed by atoms with Gasteiger partial charge < -0.3 is 9.13 Å². The quantitative estimate of drug-likeness (QED) is 0.181. The number of hydrogen-bond donors (Lipinski definition) is 0. The van der Waals surface area contributed by atoms with Crippen molar-refractivity contribution in [1.29, 1.82) is 10.5 Å². The van der Waals surface area contributed by atoms with Crippen LogP contribution in [0.4, 0.5) is 0 Å². The highest BCUT2D eigenvalue weighted by Gasteiger charge is 2.23. The highest BCUT2D eigenvalue weighted by molar-refractivity contribution is 6.12. The molecule has 8 aromatic carbocycles. The van der Waals surface area contributed by atoms with Gasteiger partial charge in [0.15, 0.2) is 0 Å². The molecule has 54 heavy (non-hydrogen) atoms. The molecule has 2 heterocycles. The molecule has 0 spiro atoms. The smallest absolute Gasteiger partial charge is 0.0991 e. The van der Waals surface area contributed by atoms with Crippen molar-refractivity contribution < 1.29 is 0 Å². The minimum absolute atomic E-state index is 0.581. The molecule has 10 aromatic rings. The molecule has 0 unspecified atom stereocenters. The van der Waals surface area contributed by atoms with Crippen LogP contribution in [-0.4, -0.2) is 9.13 Å². The summed E-state index contributed by atoms with van der Waals surface area (Å²) in [6.45, 7) is 0. The maximum absolute atomic E-state index is 9.82. The summed E-state index contributed by atoms with van der Waals surface area (Å²) in [7, 11) is 0. The van der Waals surface area contributed by atoms with Crippen molar-refractivity contribution >= 4 is 43.6 Å². The first kappa shape index (κ1) is 31.1. The van der Waals surface area contributed by atoms with Crippen molar-refractivity contribution in [3.05, 3.63) is 193 Å². The van der Waals surface area contributed by atoms with Crippen molar-refractivity contribution in [3.63, 3.8) is 0 Å². The molecule has 4 nitrogen and oxygen atoms in total. The van der Waals surface area contributed by atoms with Gasteiger partial charge in [-0.2, -0.15) is 10.5 Å². The zero-order chi connectivity index (χ0) is 36.2. The van der Waals surface area contributed by atoms with E-state index in [-0.39, 0.29) is 0 Å². The van der Waals surface area contributed by atoms with E-state index in [0.29, 0.717) is 11.1 Å². The molecular formula is C50H30N4. The summed E-state index contributed by atoms with van der Waals surface area (Å²) >= 11 is 0. The fourth-order valence-electron chi connectivity index (χ4n) is 8.22. The van der Waals surface area contributed by atoms with E-state index in [4.69, 9.17) is 0 Å². The highest BCUT2D eigenvalue weighted by Crippen LogP contribution is 2.45. The Balaban J connectivity index is 1.34. The van der Waals surface area contributed by atoms with Crippen LogP contribution in [0.25, 0.3) is 88.4 Å². The molecule has 0 fully saturated rings. The second-order valence-electron chi connectivity index (χ2n) is 13.6. The summed E-state index contributed by atoms with van der Waals surface area (Å²) in [5, 5.41) is 23.9. The standard InChI is InChI=1S/C50H30N4/c51-31-33-22-26-48-44(28-33)45-29-34(32-52)23-27-49(45)53(48)37-24-25-38(35-12-3-1-4-13-35)43(30-37)42-19-11-18-39(36-14-5-2-6-15-36)50(42)54-46-20-9-7-16-40(46)41-17-8-10-21-47(41)54/h1-30H. The largest absolute Gasteiger partial charge is 0.309 e. The average Bonchev–Trinajstić information content (AvgIpc) is 3.75. The highest BCUT2D eigenvalue weighted by atomic mass is 15.0.